The van der Waals surface area contributed by atoms with E-state index in [9.17, 15) is 4.79 Å². The van der Waals surface area contributed by atoms with Crippen molar-refractivity contribution in [2.75, 3.05) is 6.79 Å². The molecule has 5 heteroatoms. The smallest absolute Gasteiger partial charge is 0.252 e. The largest absolute Gasteiger partial charge is 0.454 e. The van der Waals surface area contributed by atoms with Gasteiger partial charge in [0.2, 0.25) is 6.79 Å². The molecule has 3 aromatic carbocycles. The number of aryl methyl sites for hydroxylation is 1. The van der Waals surface area contributed by atoms with Gasteiger partial charge in [-0.2, -0.15) is 0 Å². The van der Waals surface area contributed by atoms with Crippen LogP contribution < -0.4 is 14.8 Å². The van der Waals surface area contributed by atoms with Crippen LogP contribution in [0.15, 0.2) is 72.8 Å². The van der Waals surface area contributed by atoms with Crippen molar-refractivity contribution in [1.29, 1.82) is 0 Å². The predicted octanol–water partition coefficient (Wildman–Crippen LogP) is 5.12. The molecule has 2 heterocycles. The molecule has 0 atom stereocenters. The third-order valence-corrected chi connectivity index (χ3v) is 5.51. The average Bonchev–Trinajstić information content (AvgIpc) is 3.30. The van der Waals surface area contributed by atoms with Crippen LogP contribution >= 0.6 is 0 Å². The van der Waals surface area contributed by atoms with E-state index < -0.39 is 0 Å². The molecule has 0 saturated heterocycles. The summed E-state index contributed by atoms with van der Waals surface area (Å²) in [6, 6.07) is 23.6. The minimum absolute atomic E-state index is 0.136. The van der Waals surface area contributed by atoms with Crippen molar-refractivity contribution in [3.63, 3.8) is 0 Å². The van der Waals surface area contributed by atoms with E-state index in [0.29, 0.717) is 17.9 Å². The molecule has 4 aromatic rings. The van der Waals surface area contributed by atoms with Crippen molar-refractivity contribution in [2.45, 2.75) is 19.9 Å². The lowest BCUT2D eigenvalue weighted by atomic mass is 10.0. The fourth-order valence-corrected chi connectivity index (χ4v) is 3.75. The molecule has 1 N–H and O–H groups in total. The minimum Gasteiger partial charge on any atom is -0.454 e. The van der Waals surface area contributed by atoms with Gasteiger partial charge in [0.1, 0.15) is 0 Å². The zero-order chi connectivity index (χ0) is 21.2. The number of carbonyl (C=O) groups excluding carboxylic acids is 1. The molecule has 1 aromatic heterocycles. The summed E-state index contributed by atoms with van der Waals surface area (Å²) in [5.74, 6) is 1.30. The van der Waals surface area contributed by atoms with E-state index in [0.717, 1.165) is 39.9 Å². The van der Waals surface area contributed by atoms with Crippen LogP contribution in [0, 0.1) is 0 Å². The Morgan fingerprint density at radius 1 is 0.935 bits per heavy atom. The lowest BCUT2D eigenvalue weighted by Gasteiger charge is -2.11. The molecule has 0 radical (unpaired) electrons. The molecule has 1 aliphatic rings. The summed E-state index contributed by atoms with van der Waals surface area (Å²) in [5, 5.41) is 3.87. The molecule has 5 nitrogen and oxygen atoms in total. The lowest BCUT2D eigenvalue weighted by Crippen LogP contribution is -2.23. The number of rotatable bonds is 5. The number of pyridine rings is 1. The van der Waals surface area contributed by atoms with Crippen LogP contribution in [0.1, 0.15) is 28.4 Å². The van der Waals surface area contributed by atoms with Crippen molar-refractivity contribution in [3.8, 4) is 22.8 Å². The second-order valence-electron chi connectivity index (χ2n) is 7.49. The highest BCUT2D eigenvalue weighted by atomic mass is 16.7. The zero-order valence-corrected chi connectivity index (χ0v) is 17.2. The minimum atomic E-state index is -0.136. The third-order valence-electron chi connectivity index (χ3n) is 5.51. The molecular weight excluding hydrogens is 388 g/mol. The van der Waals surface area contributed by atoms with E-state index in [4.69, 9.17) is 14.5 Å². The first kappa shape index (κ1) is 19.1. The Bertz CT molecular complexity index is 1270. The standard InChI is InChI=1S/C26H22N2O3/c1-2-17-7-10-19(11-8-17)23-14-21(20-5-3-4-6-22(20)28-23)26(29)27-15-18-9-12-24-25(13-18)31-16-30-24/h3-14H,2,15-16H2,1H3,(H,27,29). The van der Waals surface area contributed by atoms with Crippen molar-refractivity contribution in [2.24, 2.45) is 0 Å². The van der Waals surface area contributed by atoms with E-state index in [1.807, 2.05) is 48.5 Å². The summed E-state index contributed by atoms with van der Waals surface area (Å²) in [4.78, 5) is 17.9. The normalized spacial score (nSPS) is 12.2. The van der Waals surface area contributed by atoms with E-state index in [1.54, 1.807) is 0 Å². The number of carbonyl (C=O) groups is 1. The van der Waals surface area contributed by atoms with Crippen molar-refractivity contribution in [1.82, 2.24) is 10.3 Å². The van der Waals surface area contributed by atoms with Crippen LogP contribution in [0.5, 0.6) is 11.5 Å². The summed E-state index contributed by atoms with van der Waals surface area (Å²) >= 11 is 0. The molecule has 154 valence electrons. The summed E-state index contributed by atoms with van der Waals surface area (Å²) < 4.78 is 10.8. The Labute approximate surface area is 180 Å². The van der Waals surface area contributed by atoms with Gasteiger partial charge in [-0.3, -0.25) is 4.79 Å². The molecule has 0 aliphatic carbocycles. The highest BCUT2D eigenvalue weighted by Gasteiger charge is 2.16. The van der Waals surface area contributed by atoms with Gasteiger partial charge in [-0.25, -0.2) is 4.98 Å². The number of para-hydroxylation sites is 1. The Hall–Kier alpha value is -3.86. The van der Waals surface area contributed by atoms with Crippen LogP contribution in [0.4, 0.5) is 0 Å². The Morgan fingerprint density at radius 3 is 2.55 bits per heavy atom. The van der Waals surface area contributed by atoms with Gasteiger partial charge in [0.05, 0.1) is 16.8 Å². The van der Waals surface area contributed by atoms with Gasteiger partial charge in [-0.05, 0) is 41.8 Å². The second-order valence-corrected chi connectivity index (χ2v) is 7.49. The van der Waals surface area contributed by atoms with E-state index in [-0.39, 0.29) is 12.7 Å². The predicted molar refractivity (Wildman–Crippen MR) is 120 cm³/mol. The summed E-state index contributed by atoms with van der Waals surface area (Å²) in [5.41, 5.74) is 5.41. The average molecular weight is 410 g/mol. The van der Waals surface area contributed by atoms with Crippen molar-refractivity contribution in [3.05, 3.63) is 89.5 Å². The first-order valence-corrected chi connectivity index (χ1v) is 10.4. The molecule has 5 rings (SSSR count). The summed E-state index contributed by atoms with van der Waals surface area (Å²) in [7, 11) is 0. The number of hydrogen-bond acceptors (Lipinski definition) is 4. The quantitative estimate of drug-likeness (QED) is 0.496. The molecule has 1 amide bonds. The number of hydrogen-bond donors (Lipinski definition) is 1. The molecule has 0 spiro atoms. The summed E-state index contributed by atoms with van der Waals surface area (Å²) in [6.07, 6.45) is 0.985. The van der Waals surface area contributed by atoms with Crippen LogP contribution in [-0.2, 0) is 13.0 Å². The third kappa shape index (κ3) is 3.82. The summed E-state index contributed by atoms with van der Waals surface area (Å²) in [6.45, 7) is 2.76. The van der Waals surface area contributed by atoms with Gasteiger partial charge >= 0.3 is 0 Å². The van der Waals surface area contributed by atoms with Gasteiger partial charge in [0, 0.05) is 17.5 Å². The van der Waals surface area contributed by atoms with Crippen LogP contribution in [0.2, 0.25) is 0 Å². The van der Waals surface area contributed by atoms with Crippen LogP contribution in [-0.4, -0.2) is 17.7 Å². The first-order valence-electron chi connectivity index (χ1n) is 10.4. The second kappa shape index (κ2) is 8.11. The molecule has 0 unspecified atom stereocenters. The number of nitrogens with one attached hydrogen (secondary N) is 1. The molecule has 31 heavy (non-hydrogen) atoms. The first-order chi connectivity index (χ1) is 15.2. The highest BCUT2D eigenvalue weighted by Crippen LogP contribution is 2.32. The number of fused-ring (bicyclic) bond motifs is 2. The molecular formula is C26H22N2O3. The Kier molecular flexibility index (Phi) is 5.00. The number of nitrogens with zero attached hydrogens (tertiary/aromatic N) is 1. The monoisotopic (exact) mass is 410 g/mol. The van der Waals surface area contributed by atoms with Gasteiger partial charge in [-0.1, -0.05) is 55.5 Å². The van der Waals surface area contributed by atoms with Gasteiger partial charge in [0.25, 0.3) is 5.91 Å². The SMILES string of the molecule is CCc1ccc(-c2cc(C(=O)NCc3ccc4c(c3)OCO4)c3ccccc3n2)cc1. The Balaban J connectivity index is 1.45. The molecule has 0 bridgehead atoms. The molecule has 0 saturated carbocycles. The van der Waals surface area contributed by atoms with E-state index in [1.165, 1.54) is 5.56 Å². The van der Waals surface area contributed by atoms with Gasteiger partial charge < -0.3 is 14.8 Å². The number of aromatic nitrogens is 1. The maximum atomic E-state index is 13.2. The number of ether oxygens (including phenoxy) is 2. The maximum Gasteiger partial charge on any atom is 0.252 e. The topological polar surface area (TPSA) is 60.5 Å². The van der Waals surface area contributed by atoms with Crippen molar-refractivity contribution < 1.29 is 14.3 Å². The van der Waals surface area contributed by atoms with Crippen molar-refractivity contribution >= 4 is 16.8 Å². The fourth-order valence-electron chi connectivity index (χ4n) is 3.75. The van der Waals surface area contributed by atoms with Gasteiger partial charge in [0.15, 0.2) is 11.5 Å². The zero-order valence-electron chi connectivity index (χ0n) is 17.2. The lowest BCUT2D eigenvalue weighted by molar-refractivity contribution is 0.0952. The maximum absolute atomic E-state index is 13.2. The molecule has 0 fully saturated rings. The van der Waals surface area contributed by atoms with E-state index >= 15 is 0 Å². The highest BCUT2D eigenvalue weighted by molar-refractivity contribution is 6.07. The van der Waals surface area contributed by atoms with E-state index in [2.05, 4.69) is 36.5 Å². The van der Waals surface area contributed by atoms with Crippen LogP contribution in [0.3, 0.4) is 0 Å². The van der Waals surface area contributed by atoms with Crippen LogP contribution in [0.25, 0.3) is 22.2 Å². The Morgan fingerprint density at radius 2 is 1.71 bits per heavy atom. The fraction of sp³-hybridized carbons (Fsp3) is 0.154. The number of amides is 1. The molecule has 1 aliphatic heterocycles. The van der Waals surface area contributed by atoms with Gasteiger partial charge in [-0.15, -0.1) is 0 Å². The number of benzene rings is 3.